The van der Waals surface area contributed by atoms with Crippen LogP contribution < -0.4 is 10.9 Å². The van der Waals surface area contributed by atoms with Gasteiger partial charge in [-0.2, -0.15) is 0 Å². The number of rotatable bonds is 2. The van der Waals surface area contributed by atoms with Crippen LogP contribution in [0.4, 0.5) is 10.5 Å². The number of amides is 1. The predicted octanol–water partition coefficient (Wildman–Crippen LogP) is 5.12. The van der Waals surface area contributed by atoms with Gasteiger partial charge in [0.15, 0.2) is 0 Å². The monoisotopic (exact) mass is 351 g/mol. The zero-order valence-electron chi connectivity index (χ0n) is 15.3. The van der Waals surface area contributed by atoms with E-state index >= 15 is 0 Å². The lowest BCUT2D eigenvalue weighted by molar-refractivity contribution is 0.0636. The fraction of sp³-hybridized carbons (Fsp3) is 0.238. The summed E-state index contributed by atoms with van der Waals surface area (Å²) in [5.74, 6) is 0. The molecular weight excluding hydrogens is 330 g/mol. The van der Waals surface area contributed by atoms with E-state index in [1.165, 1.54) is 6.07 Å². The van der Waals surface area contributed by atoms with Crippen molar-refractivity contribution in [1.82, 2.24) is 0 Å². The van der Waals surface area contributed by atoms with Gasteiger partial charge in [-0.15, -0.1) is 0 Å². The molecular formula is C21H21NO4. The van der Waals surface area contributed by atoms with Crippen LogP contribution in [0.25, 0.3) is 22.1 Å². The van der Waals surface area contributed by atoms with E-state index in [2.05, 4.69) is 5.32 Å². The quantitative estimate of drug-likeness (QED) is 0.651. The summed E-state index contributed by atoms with van der Waals surface area (Å²) in [5.41, 5.74) is 3.07. The Bertz CT molecular complexity index is 1010. The highest BCUT2D eigenvalue weighted by molar-refractivity contribution is 5.87. The second-order valence-corrected chi connectivity index (χ2v) is 7.16. The molecule has 3 rings (SSSR count). The first-order chi connectivity index (χ1) is 12.2. The molecule has 2 aromatic carbocycles. The number of carbonyl (C=O) groups is 1. The second kappa shape index (κ2) is 6.67. The Kier molecular flexibility index (Phi) is 4.55. The lowest BCUT2D eigenvalue weighted by Gasteiger charge is -2.19. The Morgan fingerprint density at radius 1 is 1.00 bits per heavy atom. The number of ether oxygens (including phenoxy) is 1. The van der Waals surface area contributed by atoms with Gasteiger partial charge in [0.05, 0.1) is 0 Å². The van der Waals surface area contributed by atoms with Crippen molar-refractivity contribution in [3.8, 4) is 11.1 Å². The molecule has 1 amide bonds. The molecule has 134 valence electrons. The van der Waals surface area contributed by atoms with Crippen molar-refractivity contribution >= 4 is 22.7 Å². The molecule has 26 heavy (non-hydrogen) atoms. The molecule has 0 saturated carbocycles. The highest BCUT2D eigenvalue weighted by Gasteiger charge is 2.16. The Balaban J connectivity index is 1.83. The van der Waals surface area contributed by atoms with Crippen LogP contribution in [0.3, 0.4) is 0 Å². The fourth-order valence-electron chi connectivity index (χ4n) is 2.67. The average Bonchev–Trinajstić information content (AvgIpc) is 2.53. The van der Waals surface area contributed by atoms with Gasteiger partial charge in [-0.1, -0.05) is 24.3 Å². The highest BCUT2D eigenvalue weighted by Crippen LogP contribution is 2.26. The Morgan fingerprint density at radius 2 is 1.65 bits per heavy atom. The topological polar surface area (TPSA) is 68.5 Å². The van der Waals surface area contributed by atoms with Crippen LogP contribution in [0.1, 0.15) is 26.3 Å². The van der Waals surface area contributed by atoms with Gasteiger partial charge in [-0.3, -0.25) is 5.32 Å². The number of anilines is 1. The fourth-order valence-corrected chi connectivity index (χ4v) is 2.67. The molecule has 0 aliphatic heterocycles. The van der Waals surface area contributed by atoms with Crippen molar-refractivity contribution in [3.05, 3.63) is 64.5 Å². The van der Waals surface area contributed by atoms with E-state index in [9.17, 15) is 9.59 Å². The first-order valence-electron chi connectivity index (χ1n) is 8.36. The van der Waals surface area contributed by atoms with Crippen molar-refractivity contribution in [3.63, 3.8) is 0 Å². The lowest BCUT2D eigenvalue weighted by atomic mass is 10.0. The smallest absolute Gasteiger partial charge is 0.412 e. The van der Waals surface area contributed by atoms with Gasteiger partial charge in [0.2, 0.25) is 0 Å². The summed E-state index contributed by atoms with van der Waals surface area (Å²) in [7, 11) is 0. The van der Waals surface area contributed by atoms with E-state index in [4.69, 9.17) is 9.15 Å². The summed E-state index contributed by atoms with van der Waals surface area (Å²) in [6.07, 6.45) is -0.492. The molecule has 5 heteroatoms. The van der Waals surface area contributed by atoms with Gasteiger partial charge in [-0.25, -0.2) is 9.59 Å². The molecule has 0 bridgehead atoms. The van der Waals surface area contributed by atoms with Crippen LogP contribution in [0, 0.1) is 6.92 Å². The van der Waals surface area contributed by atoms with Crippen LogP contribution in [0.2, 0.25) is 0 Å². The molecule has 0 aliphatic rings. The highest BCUT2D eigenvalue weighted by atomic mass is 16.6. The van der Waals surface area contributed by atoms with Crippen LogP contribution >= 0.6 is 0 Å². The molecule has 0 unspecified atom stereocenters. The average molecular weight is 351 g/mol. The molecule has 0 saturated heterocycles. The molecule has 3 aromatic rings. The molecule has 0 fully saturated rings. The van der Waals surface area contributed by atoms with Crippen molar-refractivity contribution in [2.75, 3.05) is 5.32 Å². The van der Waals surface area contributed by atoms with Gasteiger partial charge >= 0.3 is 11.7 Å². The summed E-state index contributed by atoms with van der Waals surface area (Å²) in [4.78, 5) is 23.4. The number of hydrogen-bond acceptors (Lipinski definition) is 4. The summed E-state index contributed by atoms with van der Waals surface area (Å²) in [6, 6.07) is 14.6. The molecule has 0 atom stereocenters. The molecule has 0 aliphatic carbocycles. The maximum absolute atomic E-state index is 11.8. The standard InChI is InChI=1S/C21H21NO4/c1-13-11-19(23)25-18-12-15(7-10-17(13)18)14-5-8-16(9-6-14)22-20(24)26-21(2,3)4/h5-12H,1-4H3,(H,22,24). The van der Waals surface area contributed by atoms with Gasteiger partial charge in [0.1, 0.15) is 11.2 Å². The van der Waals surface area contributed by atoms with E-state index in [-0.39, 0.29) is 5.63 Å². The van der Waals surface area contributed by atoms with Gasteiger partial charge in [-0.05, 0) is 62.6 Å². The van der Waals surface area contributed by atoms with Crippen molar-refractivity contribution < 1.29 is 13.9 Å². The van der Waals surface area contributed by atoms with E-state index < -0.39 is 11.7 Å². The maximum atomic E-state index is 11.8. The number of fused-ring (bicyclic) bond motifs is 1. The van der Waals surface area contributed by atoms with Crippen LogP contribution in [0.5, 0.6) is 0 Å². The zero-order valence-corrected chi connectivity index (χ0v) is 15.3. The summed E-state index contributed by atoms with van der Waals surface area (Å²) < 4.78 is 10.5. The SMILES string of the molecule is Cc1cc(=O)oc2cc(-c3ccc(NC(=O)OC(C)(C)C)cc3)ccc12. The normalized spacial score (nSPS) is 11.4. The third-order valence-corrected chi connectivity index (χ3v) is 3.81. The summed E-state index contributed by atoms with van der Waals surface area (Å²) in [6.45, 7) is 7.33. The Hall–Kier alpha value is -3.08. The number of aryl methyl sites for hydroxylation is 1. The van der Waals surface area contributed by atoms with Crippen molar-refractivity contribution in [1.29, 1.82) is 0 Å². The summed E-state index contributed by atoms with van der Waals surface area (Å²) >= 11 is 0. The van der Waals surface area contributed by atoms with Crippen molar-refractivity contribution in [2.45, 2.75) is 33.3 Å². The van der Waals surface area contributed by atoms with Crippen molar-refractivity contribution in [2.24, 2.45) is 0 Å². The number of nitrogens with one attached hydrogen (secondary N) is 1. The summed E-state index contributed by atoms with van der Waals surface area (Å²) in [5, 5.41) is 3.61. The number of hydrogen-bond donors (Lipinski definition) is 1. The largest absolute Gasteiger partial charge is 0.444 e. The lowest BCUT2D eigenvalue weighted by Crippen LogP contribution is -2.27. The maximum Gasteiger partial charge on any atom is 0.412 e. The number of carbonyl (C=O) groups excluding carboxylic acids is 1. The van der Waals surface area contributed by atoms with E-state index in [0.717, 1.165) is 22.1 Å². The zero-order chi connectivity index (χ0) is 18.9. The molecule has 1 heterocycles. The Morgan fingerprint density at radius 3 is 2.31 bits per heavy atom. The van der Waals surface area contributed by atoms with Gasteiger partial charge < -0.3 is 9.15 Å². The minimum atomic E-state index is -0.544. The third-order valence-electron chi connectivity index (χ3n) is 3.81. The molecule has 0 radical (unpaired) electrons. The number of benzene rings is 2. The molecule has 1 aromatic heterocycles. The first-order valence-corrected chi connectivity index (χ1v) is 8.36. The van der Waals surface area contributed by atoms with E-state index in [1.54, 1.807) is 12.1 Å². The predicted molar refractivity (Wildman–Crippen MR) is 103 cm³/mol. The molecule has 5 nitrogen and oxygen atoms in total. The minimum Gasteiger partial charge on any atom is -0.444 e. The minimum absolute atomic E-state index is 0.357. The van der Waals surface area contributed by atoms with Crippen LogP contribution in [0.15, 0.2) is 57.7 Å². The molecule has 1 N–H and O–H groups in total. The van der Waals surface area contributed by atoms with E-state index in [1.807, 2.05) is 58.0 Å². The third kappa shape index (κ3) is 4.11. The van der Waals surface area contributed by atoms with Crippen LogP contribution in [-0.2, 0) is 4.74 Å². The first kappa shape index (κ1) is 17.7. The second-order valence-electron chi connectivity index (χ2n) is 7.16. The van der Waals surface area contributed by atoms with Gasteiger partial charge in [0.25, 0.3) is 0 Å². The molecule has 0 spiro atoms. The van der Waals surface area contributed by atoms with E-state index in [0.29, 0.717) is 11.3 Å². The van der Waals surface area contributed by atoms with Gasteiger partial charge in [0, 0.05) is 17.1 Å². The Labute approximate surface area is 151 Å². The van der Waals surface area contributed by atoms with Crippen LogP contribution in [-0.4, -0.2) is 11.7 Å².